The second kappa shape index (κ2) is 43.0. The Bertz CT molecular complexity index is 2150. The minimum Gasteiger partial charge on any atom is -0.542 e. The van der Waals surface area contributed by atoms with Gasteiger partial charge in [0.1, 0.15) is 41.3 Å². The maximum Gasteiger partial charge on any atom is 0.430 e. The van der Waals surface area contributed by atoms with Crippen molar-refractivity contribution in [2.24, 2.45) is 22.1 Å². The standard InChI is InChI=1S/C20H36N6O6.C9H13NO5.C7H11NO3.C4H10N4O.C4H6O3.C2HF3O2/c1-13(2)11-15(24-14(3)27)19(30)25-16(12-17(28)32-20(4,5)6)18(29)22-7-9-31-10-8-23-26-21;1-9(2,3)15-6(11)4-5-7(12)14-8(13)10-5;1-4(2)3-5-6(9)11-7(10)8-5;5-1-3-9-4-2-7-8-6;1-3(5)7-4(2)6;3-2(4,5)1(6)7/h13,15-16H,7-12H2,1-6H3,(H,22,29)(H,24,27)(H,25,30);5H,4H2,1-3H3,(H,10,13);4-5H,3H2,1-2H3,(H,8,10);1-5H2;1-2H3;(H,6,7)/t15-,16-;2*5-;;;/m001.../s1. The molecule has 0 aromatic rings. The van der Waals surface area contributed by atoms with Crippen molar-refractivity contribution in [3.8, 4) is 0 Å². The Balaban J connectivity index is -0.000000497. The van der Waals surface area contributed by atoms with E-state index in [2.05, 4.69) is 66.6 Å². The second-order valence-electron chi connectivity index (χ2n) is 19.1. The summed E-state index contributed by atoms with van der Waals surface area (Å²) in [6.07, 6.45) is -6.22. The molecule has 2 aliphatic heterocycles. The summed E-state index contributed by atoms with van der Waals surface area (Å²) in [4.78, 5) is 137. The molecule has 2 saturated heterocycles. The van der Waals surface area contributed by atoms with Crippen molar-refractivity contribution in [2.75, 3.05) is 52.6 Å². The normalized spacial score (nSPS) is 14.8. The Hall–Kier alpha value is -7.87. The van der Waals surface area contributed by atoms with Gasteiger partial charge in [-0.2, -0.15) is 13.2 Å². The molecule has 0 bridgehead atoms. The molecule has 5 amide bonds. The third kappa shape index (κ3) is 51.3. The lowest BCUT2D eigenvalue weighted by Gasteiger charge is -2.25. The van der Waals surface area contributed by atoms with Crippen LogP contribution in [0.5, 0.6) is 0 Å². The Kier molecular flexibility index (Phi) is 42.3. The van der Waals surface area contributed by atoms with E-state index in [0.717, 1.165) is 6.54 Å². The summed E-state index contributed by atoms with van der Waals surface area (Å²) in [7, 11) is 0. The quantitative estimate of drug-likeness (QED) is 0.0159. The third-order valence-corrected chi connectivity index (χ3v) is 8.01. The van der Waals surface area contributed by atoms with Gasteiger partial charge in [0, 0.05) is 50.2 Å². The number of azide groups is 2. The molecule has 4 atom stereocenters. The van der Waals surface area contributed by atoms with Gasteiger partial charge in [0.25, 0.3) is 0 Å². The number of carbonyl (C=O) groups excluding carboxylic acids is 12. The molecule has 0 spiro atoms. The van der Waals surface area contributed by atoms with Gasteiger partial charge in [0.05, 0.1) is 45.8 Å². The second-order valence-corrected chi connectivity index (χ2v) is 19.1. The van der Waals surface area contributed by atoms with Crippen molar-refractivity contribution < 1.29 is 115 Å². The zero-order valence-electron chi connectivity index (χ0n) is 47.6. The Morgan fingerprint density at radius 3 is 1.48 bits per heavy atom. The van der Waals surface area contributed by atoms with Crippen molar-refractivity contribution in [3.63, 3.8) is 0 Å². The van der Waals surface area contributed by atoms with Crippen molar-refractivity contribution in [2.45, 2.75) is 157 Å². The summed E-state index contributed by atoms with van der Waals surface area (Å²) in [5, 5.41) is 27.7. The molecule has 0 radical (unpaired) electrons. The van der Waals surface area contributed by atoms with Gasteiger partial charge in [-0.15, -0.1) is 0 Å². The highest BCUT2D eigenvalue weighted by Gasteiger charge is 2.36. The molecule has 81 heavy (non-hydrogen) atoms. The van der Waals surface area contributed by atoms with Crippen LogP contribution in [0.2, 0.25) is 0 Å². The van der Waals surface area contributed by atoms with E-state index in [9.17, 15) is 65.9 Å². The van der Waals surface area contributed by atoms with E-state index in [1.54, 1.807) is 41.5 Å². The van der Waals surface area contributed by atoms with Crippen LogP contribution < -0.4 is 37.4 Å². The van der Waals surface area contributed by atoms with Gasteiger partial charge in [0.2, 0.25) is 17.7 Å². The van der Waals surface area contributed by atoms with E-state index in [4.69, 9.17) is 39.9 Å². The number of quaternary nitrogens is 1. The number of amides is 5. The zero-order chi connectivity index (χ0) is 63.7. The number of cyclic esters (lactones) is 4. The van der Waals surface area contributed by atoms with Crippen LogP contribution in [0.3, 0.4) is 0 Å². The van der Waals surface area contributed by atoms with Gasteiger partial charge in [-0.05, 0) is 77.3 Å². The van der Waals surface area contributed by atoms with Crippen LogP contribution in [0.15, 0.2) is 10.2 Å². The first-order valence-corrected chi connectivity index (χ1v) is 24.5. The molecular weight excluding hydrogens is 1100 g/mol. The topological polar surface area (TPSA) is 478 Å². The summed E-state index contributed by atoms with van der Waals surface area (Å²) in [5.74, 6) is -7.57. The largest absolute Gasteiger partial charge is 0.542 e. The molecule has 2 heterocycles. The number of alkyl carbamates (subject to hydrolysis) is 2. The van der Waals surface area contributed by atoms with E-state index in [0.29, 0.717) is 38.5 Å². The molecule has 0 aromatic carbocycles. The van der Waals surface area contributed by atoms with Crippen LogP contribution in [0, 0.1) is 11.8 Å². The fourth-order valence-electron chi connectivity index (χ4n) is 5.26. The monoisotopic (exact) mass is 1170 g/mol. The molecule has 0 unspecified atom stereocenters. The number of ether oxygens (including phenoxy) is 7. The first-order chi connectivity index (χ1) is 37.2. The number of hydrogen-bond acceptors (Lipinski definition) is 22. The van der Waals surface area contributed by atoms with Gasteiger partial charge in [-0.25, -0.2) is 19.2 Å². The molecule has 0 saturated carbocycles. The first kappa shape index (κ1) is 79.6. The lowest BCUT2D eigenvalue weighted by molar-refractivity contribution is -0.374. The van der Waals surface area contributed by atoms with Gasteiger partial charge in [-0.1, -0.05) is 37.9 Å². The SMILES string of the molecule is CC(=O)N[C@@H](CC(C)C)C(=O)N[C@@H](CC(=O)OC(C)(C)C)C(=O)NCCOCCN=[N+]=[N-].CC(=O)OC(C)=O.CC(C)(C)OC(=O)C[C@@H]1NC(=O)OC1=O.CC(C)C[C@H]1NC(=O)OC1=O.O=C([O-])C(F)(F)F.[N-]=[N+]=NCCOCC[NH3+]. The number of hydrogen-bond donors (Lipinski definition) is 6. The highest BCUT2D eigenvalue weighted by Crippen LogP contribution is 2.14. The van der Waals surface area contributed by atoms with Crippen molar-refractivity contribution in [1.82, 2.24) is 26.6 Å². The first-order valence-electron chi connectivity index (χ1n) is 24.5. The number of alkyl halides is 3. The number of carbonyl (C=O) groups is 12. The summed E-state index contributed by atoms with van der Waals surface area (Å²) < 4.78 is 64.4. The average molecular weight is 1180 g/mol. The number of carboxylic acids is 1. The lowest BCUT2D eigenvalue weighted by Crippen LogP contribution is -2.54. The molecule has 0 aromatic heterocycles. The number of carboxylic acid groups (broad SMARTS) is 1. The molecule has 462 valence electrons. The van der Waals surface area contributed by atoms with E-state index >= 15 is 0 Å². The molecule has 2 aliphatic rings. The van der Waals surface area contributed by atoms with Crippen LogP contribution in [0.25, 0.3) is 20.9 Å². The highest BCUT2D eigenvalue weighted by atomic mass is 19.4. The number of rotatable bonds is 23. The van der Waals surface area contributed by atoms with Crippen LogP contribution in [-0.4, -0.2) is 166 Å². The number of nitrogens with one attached hydrogen (secondary N) is 5. The number of nitrogens with zero attached hydrogens (tertiary/aromatic N) is 6. The van der Waals surface area contributed by atoms with Gasteiger partial charge < -0.3 is 75.4 Å². The summed E-state index contributed by atoms with van der Waals surface area (Å²) in [6, 6.07) is -3.38. The lowest BCUT2D eigenvalue weighted by atomic mass is 10.0. The number of esters is 6. The molecule has 0 aliphatic carbocycles. The van der Waals surface area contributed by atoms with Crippen molar-refractivity contribution in [3.05, 3.63) is 20.9 Å². The highest BCUT2D eigenvalue weighted by molar-refractivity contribution is 5.98. The minimum absolute atomic E-state index is 0.109. The smallest absolute Gasteiger partial charge is 0.430 e. The van der Waals surface area contributed by atoms with Gasteiger partial charge >= 0.3 is 54.2 Å². The van der Waals surface area contributed by atoms with Crippen LogP contribution in [0.1, 0.15) is 116 Å². The van der Waals surface area contributed by atoms with Crippen LogP contribution >= 0.6 is 0 Å². The molecule has 8 N–H and O–H groups in total. The van der Waals surface area contributed by atoms with Gasteiger partial charge in [0.15, 0.2) is 0 Å². The predicted octanol–water partition coefficient (Wildman–Crippen LogP) is 1.17. The molecule has 35 heteroatoms. The fraction of sp³-hybridized carbons (Fsp3) is 0.739. The fourth-order valence-corrected chi connectivity index (χ4v) is 5.26. The molecule has 2 rings (SSSR count). The van der Waals surface area contributed by atoms with Crippen LogP contribution in [0.4, 0.5) is 22.8 Å². The zero-order valence-corrected chi connectivity index (χ0v) is 47.6. The van der Waals surface area contributed by atoms with Gasteiger partial charge in [-0.3, -0.25) is 33.6 Å². The Morgan fingerprint density at radius 2 is 1.14 bits per heavy atom. The maximum atomic E-state index is 12.8. The van der Waals surface area contributed by atoms with Crippen LogP contribution in [-0.2, 0) is 81.1 Å². The summed E-state index contributed by atoms with van der Waals surface area (Å²) >= 11 is 0. The Labute approximate surface area is 465 Å². The van der Waals surface area contributed by atoms with Crippen molar-refractivity contribution >= 4 is 71.7 Å². The summed E-state index contributed by atoms with van der Waals surface area (Å²) in [5.41, 5.74) is 18.2. The van der Waals surface area contributed by atoms with E-state index in [1.807, 2.05) is 27.7 Å². The average Bonchev–Trinajstić information content (AvgIpc) is 3.78. The third-order valence-electron chi connectivity index (χ3n) is 8.01. The minimum atomic E-state index is -5.19. The molecule has 2 fully saturated rings. The van der Waals surface area contributed by atoms with E-state index in [1.165, 1.54) is 20.8 Å². The number of aliphatic carboxylic acids is 1. The summed E-state index contributed by atoms with van der Waals surface area (Å²) in [6.45, 7) is 24.6. The number of halogens is 3. The van der Waals surface area contributed by atoms with E-state index < -0.39 is 107 Å². The Morgan fingerprint density at radius 1 is 0.691 bits per heavy atom. The van der Waals surface area contributed by atoms with E-state index in [-0.39, 0.29) is 51.0 Å². The predicted molar refractivity (Wildman–Crippen MR) is 270 cm³/mol. The molecular formula is C46H77F3N12O20. The van der Waals surface area contributed by atoms with Crippen molar-refractivity contribution in [1.29, 1.82) is 0 Å². The maximum absolute atomic E-state index is 12.8. The molecule has 32 nitrogen and oxygen atoms in total.